The molecule has 2 aliphatic heterocycles. The van der Waals surface area contributed by atoms with Gasteiger partial charge in [-0.05, 0) is 23.5 Å². The van der Waals surface area contributed by atoms with Crippen LogP contribution in [-0.2, 0) is 18.7 Å². The van der Waals surface area contributed by atoms with Gasteiger partial charge in [0.2, 0.25) is 8.32 Å². The Kier molecular flexibility index (Phi) is 7.96. The Hall–Kier alpha value is -1.34. The van der Waals surface area contributed by atoms with Crippen LogP contribution in [0.1, 0.15) is 54.9 Å². The van der Waals surface area contributed by atoms with Gasteiger partial charge in [-0.2, -0.15) is 0 Å². The van der Waals surface area contributed by atoms with E-state index in [1.54, 1.807) is 4.90 Å². The molecule has 0 aliphatic carbocycles. The molecule has 2 saturated heterocycles. The average molecular weight is 426 g/mol. The number of carbonyl (C=O) groups is 2. The van der Waals surface area contributed by atoms with Crippen molar-refractivity contribution < 1.29 is 23.5 Å². The van der Waals surface area contributed by atoms with Crippen molar-refractivity contribution in [1.82, 2.24) is 4.90 Å². The van der Waals surface area contributed by atoms with Crippen molar-refractivity contribution in [2.75, 3.05) is 26.9 Å². The number of cyclic esters (lactones) is 1. The van der Waals surface area contributed by atoms with E-state index in [1.165, 1.54) is 12.7 Å². The summed E-state index contributed by atoms with van der Waals surface area (Å²) in [6.45, 7) is 17.3. The summed E-state index contributed by atoms with van der Waals surface area (Å²) in [7, 11) is -0.512. The number of esters is 1. The molecule has 1 amide bonds. The van der Waals surface area contributed by atoms with E-state index in [0.717, 1.165) is 0 Å². The number of carbonyl (C=O) groups excluding carboxylic acids is 2. The van der Waals surface area contributed by atoms with E-state index in [4.69, 9.17) is 13.9 Å². The number of ether oxygens (including phenoxy) is 2. The fourth-order valence-corrected chi connectivity index (χ4v) is 11.0. The summed E-state index contributed by atoms with van der Waals surface area (Å²) >= 11 is 0. The first-order valence-corrected chi connectivity index (χ1v) is 13.0. The second-order valence-corrected chi connectivity index (χ2v) is 14.9. The van der Waals surface area contributed by atoms with Gasteiger partial charge in [-0.3, -0.25) is 4.79 Å². The van der Waals surface area contributed by atoms with Crippen molar-refractivity contribution in [3.63, 3.8) is 0 Å². The largest absolute Gasteiger partial charge is 0.469 e. The molecule has 2 aliphatic rings. The Morgan fingerprint density at radius 3 is 2.31 bits per heavy atom. The van der Waals surface area contributed by atoms with E-state index in [2.05, 4.69) is 54.5 Å². The van der Waals surface area contributed by atoms with Crippen LogP contribution < -0.4 is 0 Å². The van der Waals surface area contributed by atoms with Gasteiger partial charge in [0.25, 0.3) is 0 Å². The minimum atomic E-state index is -1.92. The molecule has 0 aromatic rings. The third kappa shape index (κ3) is 4.71. The summed E-state index contributed by atoms with van der Waals surface area (Å²) in [5.41, 5.74) is 2.79. The first-order chi connectivity index (χ1) is 13.6. The van der Waals surface area contributed by atoms with Gasteiger partial charge in [-0.1, -0.05) is 53.2 Å². The van der Waals surface area contributed by atoms with Gasteiger partial charge in [0, 0.05) is 18.4 Å². The SMILES string of the molecule is COC(=O)C[C@H]1[C@H]2COC(=O)N2C[C@H]1/C(C)=C\CO[Si](C(C)C)(C(C)C)C(C)C. The number of rotatable bonds is 9. The summed E-state index contributed by atoms with van der Waals surface area (Å²) in [5.74, 6) is -0.0905. The maximum atomic E-state index is 12.0. The van der Waals surface area contributed by atoms with Crippen molar-refractivity contribution >= 4 is 20.4 Å². The van der Waals surface area contributed by atoms with Crippen molar-refractivity contribution in [2.45, 2.75) is 77.6 Å². The van der Waals surface area contributed by atoms with Crippen LogP contribution in [0.4, 0.5) is 4.79 Å². The fraction of sp³-hybridized carbons (Fsp3) is 0.818. The molecule has 0 radical (unpaired) electrons. The molecule has 2 heterocycles. The zero-order valence-electron chi connectivity index (χ0n) is 19.4. The van der Waals surface area contributed by atoms with Crippen LogP contribution in [0.15, 0.2) is 11.6 Å². The Bertz CT molecular complexity index is 609. The van der Waals surface area contributed by atoms with Crippen LogP contribution in [0.3, 0.4) is 0 Å². The van der Waals surface area contributed by atoms with Crippen LogP contribution in [0, 0.1) is 11.8 Å². The molecular formula is C22H39NO5Si. The number of methoxy groups -OCH3 is 1. The molecule has 3 atom stereocenters. The van der Waals surface area contributed by atoms with Crippen molar-refractivity contribution in [3.05, 3.63) is 11.6 Å². The number of hydrogen-bond donors (Lipinski definition) is 0. The van der Waals surface area contributed by atoms with Gasteiger partial charge in [-0.15, -0.1) is 0 Å². The number of nitrogens with zero attached hydrogens (tertiary/aromatic N) is 1. The molecule has 0 bridgehead atoms. The van der Waals surface area contributed by atoms with Gasteiger partial charge < -0.3 is 18.8 Å². The predicted octanol–water partition coefficient (Wildman–Crippen LogP) is 4.75. The Labute approximate surface area is 177 Å². The smallest absolute Gasteiger partial charge is 0.410 e. The monoisotopic (exact) mass is 425 g/mol. The quantitative estimate of drug-likeness (QED) is 0.303. The molecule has 2 fully saturated rings. The van der Waals surface area contributed by atoms with Gasteiger partial charge in [0.05, 0.1) is 26.2 Å². The third-order valence-electron chi connectivity index (χ3n) is 7.08. The predicted molar refractivity (Wildman–Crippen MR) is 116 cm³/mol. The summed E-state index contributed by atoms with van der Waals surface area (Å²) in [6, 6.07) is -0.0497. The Balaban J connectivity index is 2.16. The third-order valence-corrected chi connectivity index (χ3v) is 13.2. The molecular weight excluding hydrogens is 386 g/mol. The maximum Gasteiger partial charge on any atom is 0.410 e. The van der Waals surface area contributed by atoms with Crippen molar-refractivity contribution in [2.24, 2.45) is 11.8 Å². The number of amides is 1. The van der Waals surface area contributed by atoms with Crippen LogP contribution >= 0.6 is 0 Å². The van der Waals surface area contributed by atoms with Gasteiger partial charge >= 0.3 is 12.1 Å². The number of hydrogen-bond acceptors (Lipinski definition) is 5. The average Bonchev–Trinajstić information content (AvgIpc) is 3.18. The minimum absolute atomic E-state index is 0.0208. The molecule has 0 spiro atoms. The molecule has 7 heteroatoms. The maximum absolute atomic E-state index is 12.0. The lowest BCUT2D eigenvalue weighted by atomic mass is 9.83. The van der Waals surface area contributed by atoms with E-state index in [-0.39, 0.29) is 29.9 Å². The molecule has 0 N–H and O–H groups in total. The van der Waals surface area contributed by atoms with Crippen molar-refractivity contribution in [1.29, 1.82) is 0 Å². The van der Waals surface area contributed by atoms with E-state index in [0.29, 0.717) is 42.8 Å². The summed E-state index contributed by atoms with van der Waals surface area (Å²) in [6.07, 6.45) is 2.19. The molecule has 29 heavy (non-hydrogen) atoms. The number of fused-ring (bicyclic) bond motifs is 1. The van der Waals surface area contributed by atoms with Crippen LogP contribution in [0.5, 0.6) is 0 Å². The molecule has 0 aromatic heterocycles. The van der Waals surface area contributed by atoms with Crippen molar-refractivity contribution in [3.8, 4) is 0 Å². The Morgan fingerprint density at radius 1 is 1.21 bits per heavy atom. The second-order valence-electron chi connectivity index (χ2n) is 9.42. The first-order valence-electron chi connectivity index (χ1n) is 10.9. The van der Waals surface area contributed by atoms with Crippen LogP contribution in [0.2, 0.25) is 16.6 Å². The highest BCUT2D eigenvalue weighted by Crippen LogP contribution is 2.43. The standard InChI is InChI=1S/C22H39NO5Si/c1-14(2)29(15(3)4,16(5)6)28-10-9-17(7)19-12-23-20(13-27-22(23)25)18(19)11-21(24)26-8/h9,14-16,18-20H,10-13H2,1-8H3/b17-9-/t18-,19+,20-/m1/s1. The molecule has 0 aromatic carbocycles. The normalized spacial score (nSPS) is 25.2. The summed E-state index contributed by atoms with van der Waals surface area (Å²) in [5, 5.41) is 0. The van der Waals surface area contributed by atoms with E-state index >= 15 is 0 Å². The fourth-order valence-electron chi connectivity index (χ4n) is 5.65. The zero-order valence-corrected chi connectivity index (χ0v) is 20.4. The lowest BCUT2D eigenvalue weighted by molar-refractivity contribution is -0.142. The molecule has 2 rings (SSSR count). The highest BCUT2D eigenvalue weighted by molar-refractivity contribution is 6.77. The molecule has 166 valence electrons. The lowest BCUT2D eigenvalue weighted by Gasteiger charge is -2.42. The van der Waals surface area contributed by atoms with Gasteiger partial charge in [0.15, 0.2) is 0 Å². The van der Waals surface area contributed by atoms with Crippen LogP contribution in [0.25, 0.3) is 0 Å². The lowest BCUT2D eigenvalue weighted by Crippen LogP contribution is -2.47. The summed E-state index contributed by atoms with van der Waals surface area (Å²) < 4.78 is 16.8. The first kappa shape index (κ1) is 23.9. The molecule has 0 saturated carbocycles. The highest BCUT2D eigenvalue weighted by atomic mass is 28.4. The van der Waals surface area contributed by atoms with E-state index in [9.17, 15) is 9.59 Å². The topological polar surface area (TPSA) is 65.1 Å². The van der Waals surface area contributed by atoms with Crippen LogP contribution in [-0.4, -0.2) is 58.2 Å². The summed E-state index contributed by atoms with van der Waals surface area (Å²) in [4.78, 5) is 25.8. The Morgan fingerprint density at radius 2 is 1.79 bits per heavy atom. The minimum Gasteiger partial charge on any atom is -0.469 e. The zero-order chi connectivity index (χ0) is 21.9. The second kappa shape index (κ2) is 9.64. The van der Waals surface area contributed by atoms with E-state index < -0.39 is 8.32 Å². The molecule has 0 unspecified atom stereocenters. The van der Waals surface area contributed by atoms with Gasteiger partial charge in [0.1, 0.15) is 6.61 Å². The highest BCUT2D eigenvalue weighted by Gasteiger charge is 2.50. The van der Waals surface area contributed by atoms with Gasteiger partial charge in [-0.25, -0.2) is 4.79 Å². The molecule has 6 nitrogen and oxygen atoms in total. The van der Waals surface area contributed by atoms with E-state index in [1.807, 2.05) is 0 Å².